The summed E-state index contributed by atoms with van der Waals surface area (Å²) in [6.07, 6.45) is 12.0. The number of rotatable bonds is 7. The van der Waals surface area contributed by atoms with Crippen molar-refractivity contribution < 1.29 is 0 Å². The van der Waals surface area contributed by atoms with Crippen LogP contribution in [0.2, 0.25) is 0 Å². The van der Waals surface area contributed by atoms with Crippen molar-refractivity contribution in [1.29, 1.82) is 0 Å². The first-order valence-electron chi connectivity index (χ1n) is 16.5. The van der Waals surface area contributed by atoms with Crippen LogP contribution in [-0.2, 0) is 12.8 Å². The van der Waals surface area contributed by atoms with Crippen molar-refractivity contribution in [3.05, 3.63) is 151 Å². The number of fused-ring (bicyclic) bond motifs is 1. The second-order valence-corrected chi connectivity index (χ2v) is 14.2. The zero-order valence-corrected chi connectivity index (χ0v) is 27.5. The Bertz CT molecular complexity index is 2250. The number of benzene rings is 3. The maximum absolute atomic E-state index is 4.50. The highest BCUT2D eigenvalue weighted by Gasteiger charge is 2.28. The van der Waals surface area contributed by atoms with Gasteiger partial charge in [0.25, 0.3) is 0 Å². The van der Waals surface area contributed by atoms with E-state index in [1.165, 1.54) is 51.0 Å². The fraction of sp³-hybridized carbons (Fsp3) is 0.100. The van der Waals surface area contributed by atoms with E-state index in [1.807, 2.05) is 58.2 Å². The Labute approximate surface area is 284 Å². The highest BCUT2D eigenvalue weighted by molar-refractivity contribution is 7.63. The summed E-state index contributed by atoms with van der Waals surface area (Å²) in [5, 5.41) is 22.1. The topological polar surface area (TPSA) is 87.2 Å². The second-order valence-electron chi connectivity index (χ2n) is 12.2. The fourth-order valence-corrected chi connectivity index (χ4v) is 9.92. The largest absolute Gasteiger partial charge is 0.254 e. The van der Waals surface area contributed by atoms with Crippen molar-refractivity contribution in [1.82, 2.24) is 40.0 Å². The Morgan fingerprint density at radius 1 is 0.490 bits per heavy atom. The first-order chi connectivity index (χ1) is 24.3. The molecule has 5 heterocycles. The molecule has 0 radical (unpaired) electrons. The van der Waals surface area contributed by atoms with Crippen molar-refractivity contribution in [3.63, 3.8) is 0 Å². The summed E-state index contributed by atoms with van der Waals surface area (Å²) >= 11 is 0. The smallest absolute Gasteiger partial charge is 0.131 e. The van der Waals surface area contributed by atoms with Gasteiger partial charge in [0.1, 0.15) is 11.4 Å². The molecule has 0 unspecified atom stereocenters. The molecule has 0 spiro atoms. The second kappa shape index (κ2) is 12.6. The molecule has 0 aliphatic heterocycles. The van der Waals surface area contributed by atoms with Crippen LogP contribution < -0.4 is 0 Å². The van der Waals surface area contributed by atoms with Gasteiger partial charge in [0.2, 0.25) is 0 Å². The number of hydrogen-bond donors (Lipinski definition) is 0. The van der Waals surface area contributed by atoms with Gasteiger partial charge in [0, 0.05) is 23.0 Å². The normalized spacial score (nSPS) is 12.6. The summed E-state index contributed by atoms with van der Waals surface area (Å²) in [7, 11) is -0.846. The molecule has 0 bridgehead atoms. The highest BCUT2D eigenvalue weighted by Crippen LogP contribution is 2.62. The monoisotopic (exact) mass is 654 g/mol. The van der Waals surface area contributed by atoms with Crippen LogP contribution in [0.25, 0.3) is 61.2 Å². The van der Waals surface area contributed by atoms with Gasteiger partial charge in [-0.15, -0.1) is 10.2 Å². The molecular formula is C40H31N8P. The van der Waals surface area contributed by atoms with Crippen molar-refractivity contribution in [2.75, 3.05) is 0 Å². The summed E-state index contributed by atoms with van der Waals surface area (Å²) in [5.41, 5.74) is 10.5. The molecule has 0 saturated carbocycles. The van der Waals surface area contributed by atoms with Gasteiger partial charge < -0.3 is 0 Å². The minimum Gasteiger partial charge on any atom is -0.254 e. The maximum atomic E-state index is 4.50. The first-order valence-corrected chi connectivity index (χ1v) is 17.9. The molecule has 0 saturated heterocycles. The maximum Gasteiger partial charge on any atom is 0.131 e. The molecule has 1 aliphatic rings. The molecule has 0 atom stereocenters. The third-order valence-electron chi connectivity index (χ3n) is 9.11. The highest BCUT2D eigenvalue weighted by atomic mass is 31.1. The van der Waals surface area contributed by atoms with Gasteiger partial charge in [0.05, 0.1) is 35.2 Å². The lowest BCUT2D eigenvalue weighted by Gasteiger charge is -2.15. The molecule has 5 aromatic heterocycles. The van der Waals surface area contributed by atoms with E-state index in [0.717, 1.165) is 47.0 Å². The van der Waals surface area contributed by atoms with E-state index in [9.17, 15) is 0 Å². The molecule has 1 aliphatic carbocycles. The molecule has 9 rings (SSSR count). The van der Waals surface area contributed by atoms with Gasteiger partial charge in [-0.25, -0.2) is 9.36 Å². The molecule has 8 aromatic rings. The average Bonchev–Trinajstić information content (AvgIpc) is 3.95. The van der Waals surface area contributed by atoms with Crippen LogP contribution in [0.3, 0.4) is 0 Å². The lowest BCUT2D eigenvalue weighted by atomic mass is 9.89. The Kier molecular flexibility index (Phi) is 7.48. The van der Waals surface area contributed by atoms with Crippen molar-refractivity contribution >= 4 is 7.53 Å². The average molecular weight is 655 g/mol. The fourth-order valence-electron chi connectivity index (χ4n) is 6.89. The molecule has 0 amide bonds. The van der Waals surface area contributed by atoms with E-state index in [2.05, 4.69) is 109 Å². The molecular weight excluding hydrogens is 623 g/mol. The van der Waals surface area contributed by atoms with Gasteiger partial charge in [-0.1, -0.05) is 84.7 Å². The molecule has 236 valence electrons. The summed E-state index contributed by atoms with van der Waals surface area (Å²) in [5.74, 6) is 0. The van der Waals surface area contributed by atoms with E-state index in [4.69, 9.17) is 0 Å². The summed E-state index contributed by atoms with van der Waals surface area (Å²) in [4.78, 5) is 8.93. The van der Waals surface area contributed by atoms with Gasteiger partial charge in [-0.3, -0.25) is 9.97 Å². The predicted octanol–water partition coefficient (Wildman–Crippen LogP) is 9.16. The molecule has 0 fully saturated rings. The van der Waals surface area contributed by atoms with E-state index < -0.39 is 7.53 Å². The first kappa shape index (κ1) is 29.2. The third-order valence-corrected chi connectivity index (χ3v) is 11.9. The lowest BCUT2D eigenvalue weighted by molar-refractivity contribution is 0.692. The molecule has 8 nitrogen and oxygen atoms in total. The lowest BCUT2D eigenvalue weighted by Crippen LogP contribution is -2.02. The predicted molar refractivity (Wildman–Crippen MR) is 194 cm³/mol. The molecule has 9 heteroatoms. The molecule has 49 heavy (non-hydrogen) atoms. The Morgan fingerprint density at radius 3 is 1.49 bits per heavy atom. The Balaban J connectivity index is 1.19. The number of pyridine rings is 2. The zero-order valence-electron chi connectivity index (χ0n) is 26.6. The number of hydrogen-bond acceptors (Lipinski definition) is 6. The molecule has 0 N–H and O–H groups in total. The van der Waals surface area contributed by atoms with Crippen LogP contribution in [0.5, 0.6) is 0 Å². The van der Waals surface area contributed by atoms with Crippen molar-refractivity contribution in [3.8, 4) is 61.2 Å². The Morgan fingerprint density at radius 2 is 1.00 bits per heavy atom. The van der Waals surface area contributed by atoms with Crippen molar-refractivity contribution in [2.24, 2.45) is 0 Å². The third kappa shape index (κ3) is 5.46. The van der Waals surface area contributed by atoms with E-state index in [1.54, 1.807) is 12.4 Å². The summed E-state index contributed by atoms with van der Waals surface area (Å²) < 4.78 is 3.71. The zero-order chi connectivity index (χ0) is 32.6. The van der Waals surface area contributed by atoms with Gasteiger partial charge >= 0.3 is 0 Å². The summed E-state index contributed by atoms with van der Waals surface area (Å²) in [6.45, 7) is 0. The van der Waals surface area contributed by atoms with Crippen LogP contribution in [0.1, 0.15) is 24.0 Å². The summed E-state index contributed by atoms with van der Waals surface area (Å²) in [6, 6.07) is 40.3. The minimum absolute atomic E-state index is 0.748. The van der Waals surface area contributed by atoms with Gasteiger partial charge in [-0.2, -0.15) is 0 Å². The number of nitrogens with zero attached hydrogens (tertiary/aromatic N) is 8. The van der Waals surface area contributed by atoms with E-state index in [0.29, 0.717) is 0 Å². The molecule has 3 aromatic carbocycles. The Hall–Kier alpha value is -5.98. The van der Waals surface area contributed by atoms with Crippen LogP contribution in [-0.4, -0.2) is 40.0 Å². The van der Waals surface area contributed by atoms with E-state index >= 15 is 0 Å². The SMILES string of the molecule is c1ccc(-p2c(-c3cccc(-n4cc(-c5ccccn5)nn4)c3)c3c(c2-c2cccc(-n4cc(-c5ccccn5)nn4)c2)CCCC3)cc1. The van der Waals surface area contributed by atoms with Crippen LogP contribution in [0.4, 0.5) is 0 Å². The minimum atomic E-state index is -0.846. The van der Waals surface area contributed by atoms with E-state index in [-0.39, 0.29) is 0 Å². The standard InChI is InChI=1S/C40H31N8P/c1-2-16-32(17-3-1)49-39(28-12-10-14-30(24-28)47-26-37(43-45-47)35-20-6-8-22-41-35)33-18-4-5-19-34(33)40(49)29-13-11-15-31(25-29)48-27-38(44-46-48)36-21-7-9-23-42-36/h1-3,6-17,20-27H,4-5,18-19H2. The number of aromatic nitrogens is 8. The van der Waals surface area contributed by atoms with Crippen LogP contribution in [0.15, 0.2) is 140 Å². The quantitative estimate of drug-likeness (QED) is 0.170. The van der Waals surface area contributed by atoms with Gasteiger partial charge in [-0.05, 0) is 102 Å². The van der Waals surface area contributed by atoms with Gasteiger partial charge in [0.15, 0.2) is 0 Å². The van der Waals surface area contributed by atoms with Crippen LogP contribution >= 0.6 is 7.53 Å². The van der Waals surface area contributed by atoms with Crippen LogP contribution in [0, 0.1) is 0 Å². The van der Waals surface area contributed by atoms with Crippen molar-refractivity contribution in [2.45, 2.75) is 25.7 Å².